The molecule has 17 heavy (non-hydrogen) atoms. The van der Waals surface area contributed by atoms with Gasteiger partial charge in [0.05, 0.1) is 18.8 Å². The van der Waals surface area contributed by atoms with E-state index in [0.717, 1.165) is 31.9 Å². The molecule has 0 N–H and O–H groups in total. The van der Waals surface area contributed by atoms with Crippen molar-refractivity contribution < 1.29 is 9.53 Å². The maximum atomic E-state index is 12.4. The fourth-order valence-electron chi connectivity index (χ4n) is 2.09. The summed E-state index contributed by atoms with van der Waals surface area (Å²) >= 11 is 1.64. The fourth-order valence-corrected chi connectivity index (χ4v) is 2.76. The Hall–Kier alpha value is -0.710. The first-order chi connectivity index (χ1) is 8.10. The molecule has 1 aliphatic rings. The number of carbonyl (C=O) groups is 1. The summed E-state index contributed by atoms with van der Waals surface area (Å²) in [5.74, 6) is 0.290. The molecule has 1 aromatic heterocycles. The number of ketones is 1. The number of morpholine rings is 1. The predicted octanol–water partition coefficient (Wildman–Crippen LogP) is 1.97. The van der Waals surface area contributed by atoms with Gasteiger partial charge in [-0.05, 0) is 36.2 Å². The lowest BCUT2D eigenvalue weighted by molar-refractivity contribution is -0.131. The Labute approximate surface area is 106 Å². The van der Waals surface area contributed by atoms with Gasteiger partial charge in [-0.25, -0.2) is 0 Å². The third-order valence-electron chi connectivity index (χ3n) is 3.43. The van der Waals surface area contributed by atoms with Crippen LogP contribution < -0.4 is 0 Å². The van der Waals surface area contributed by atoms with Gasteiger partial charge in [0.15, 0.2) is 5.78 Å². The van der Waals surface area contributed by atoms with Gasteiger partial charge in [0.25, 0.3) is 0 Å². The van der Waals surface area contributed by atoms with Gasteiger partial charge in [0.2, 0.25) is 0 Å². The van der Waals surface area contributed by atoms with Crippen LogP contribution in [0.25, 0.3) is 0 Å². The van der Waals surface area contributed by atoms with Gasteiger partial charge in [-0.3, -0.25) is 9.69 Å². The molecule has 0 saturated carbocycles. The molecule has 1 aliphatic heterocycles. The van der Waals surface area contributed by atoms with Gasteiger partial charge >= 0.3 is 0 Å². The van der Waals surface area contributed by atoms with Crippen molar-refractivity contribution in [2.75, 3.05) is 26.3 Å². The molecule has 1 saturated heterocycles. The summed E-state index contributed by atoms with van der Waals surface area (Å²) in [6, 6.07) is 2.03. The van der Waals surface area contributed by atoms with Crippen molar-refractivity contribution in [1.29, 1.82) is 0 Å². The molecule has 4 heteroatoms. The van der Waals surface area contributed by atoms with Crippen LogP contribution in [0.2, 0.25) is 0 Å². The summed E-state index contributed by atoms with van der Waals surface area (Å²) in [5.41, 5.74) is 0.743. The van der Waals surface area contributed by atoms with Crippen LogP contribution in [0.4, 0.5) is 0 Å². The predicted molar refractivity (Wildman–Crippen MR) is 69.5 cm³/mol. The first-order valence-electron chi connectivity index (χ1n) is 5.98. The zero-order valence-electron chi connectivity index (χ0n) is 10.4. The quantitative estimate of drug-likeness (QED) is 0.821. The van der Waals surface area contributed by atoms with Crippen LogP contribution in [0.15, 0.2) is 16.8 Å². The normalized spacial score (nSPS) is 18.2. The molecule has 0 bridgehead atoms. The highest BCUT2D eigenvalue weighted by molar-refractivity contribution is 7.08. The summed E-state index contributed by atoms with van der Waals surface area (Å²) in [6.07, 6.45) is 0.536. The van der Waals surface area contributed by atoms with Crippen LogP contribution in [0, 0.1) is 0 Å². The topological polar surface area (TPSA) is 29.5 Å². The van der Waals surface area contributed by atoms with E-state index in [9.17, 15) is 4.79 Å². The molecule has 3 nitrogen and oxygen atoms in total. The molecule has 2 heterocycles. The van der Waals surface area contributed by atoms with E-state index in [4.69, 9.17) is 4.74 Å². The second-order valence-corrected chi connectivity index (χ2v) is 5.67. The van der Waals surface area contributed by atoms with Gasteiger partial charge in [-0.2, -0.15) is 11.3 Å². The molecule has 2 rings (SSSR count). The maximum absolute atomic E-state index is 12.4. The fraction of sp³-hybridized carbons (Fsp3) is 0.615. The van der Waals surface area contributed by atoms with E-state index in [1.807, 2.05) is 30.7 Å². The first-order valence-corrected chi connectivity index (χ1v) is 6.92. The lowest BCUT2D eigenvalue weighted by Crippen LogP contribution is -2.54. The number of ether oxygens (including phenoxy) is 1. The largest absolute Gasteiger partial charge is 0.379 e. The minimum atomic E-state index is -0.383. The average Bonchev–Trinajstić information content (AvgIpc) is 2.83. The summed E-state index contributed by atoms with van der Waals surface area (Å²) in [6.45, 7) is 7.20. The van der Waals surface area contributed by atoms with E-state index >= 15 is 0 Å². The number of hydrogen-bond donors (Lipinski definition) is 0. The lowest BCUT2D eigenvalue weighted by atomic mass is 9.92. The van der Waals surface area contributed by atoms with Crippen molar-refractivity contribution in [2.45, 2.75) is 25.8 Å². The number of rotatable bonds is 4. The number of thiophene rings is 1. The summed E-state index contributed by atoms with van der Waals surface area (Å²) in [4.78, 5) is 14.6. The molecule has 1 fully saturated rings. The molecule has 1 aromatic rings. The first kappa shape index (κ1) is 12.7. The molecule has 0 aliphatic carbocycles. The number of Topliss-reactive ketones (excluding diaryl/α,β-unsaturated/α-hetero) is 1. The molecule has 0 radical (unpaired) electrons. The van der Waals surface area contributed by atoms with Gasteiger partial charge < -0.3 is 4.74 Å². The third-order valence-corrected chi connectivity index (χ3v) is 4.16. The maximum Gasteiger partial charge on any atom is 0.156 e. The Morgan fingerprint density at radius 1 is 1.47 bits per heavy atom. The molecule has 0 unspecified atom stereocenters. The second-order valence-electron chi connectivity index (χ2n) is 4.89. The molecule has 0 amide bonds. The van der Waals surface area contributed by atoms with E-state index in [1.165, 1.54) is 0 Å². The highest BCUT2D eigenvalue weighted by Crippen LogP contribution is 2.20. The van der Waals surface area contributed by atoms with E-state index in [0.29, 0.717) is 6.42 Å². The minimum Gasteiger partial charge on any atom is -0.379 e. The average molecular weight is 253 g/mol. The van der Waals surface area contributed by atoms with Crippen molar-refractivity contribution in [2.24, 2.45) is 0 Å². The second kappa shape index (κ2) is 5.29. The zero-order valence-corrected chi connectivity index (χ0v) is 11.3. The highest BCUT2D eigenvalue weighted by atomic mass is 32.1. The van der Waals surface area contributed by atoms with Crippen molar-refractivity contribution in [3.63, 3.8) is 0 Å². The molecule has 94 valence electrons. The Morgan fingerprint density at radius 3 is 2.76 bits per heavy atom. The van der Waals surface area contributed by atoms with Crippen LogP contribution in [0.3, 0.4) is 0 Å². The van der Waals surface area contributed by atoms with Gasteiger partial charge in [0.1, 0.15) is 0 Å². The third kappa shape index (κ3) is 2.94. The smallest absolute Gasteiger partial charge is 0.156 e. The molecule has 0 spiro atoms. The van der Waals surface area contributed by atoms with Crippen molar-refractivity contribution in [3.05, 3.63) is 22.4 Å². The summed E-state index contributed by atoms with van der Waals surface area (Å²) in [5, 5.41) is 4.07. The van der Waals surface area contributed by atoms with Crippen LogP contribution in [-0.2, 0) is 16.0 Å². The Kier molecular flexibility index (Phi) is 3.97. The number of nitrogens with zero attached hydrogens (tertiary/aromatic N) is 1. The lowest BCUT2D eigenvalue weighted by Gasteiger charge is -2.39. The highest BCUT2D eigenvalue weighted by Gasteiger charge is 2.34. The van der Waals surface area contributed by atoms with Crippen molar-refractivity contribution in [3.8, 4) is 0 Å². The van der Waals surface area contributed by atoms with Crippen LogP contribution in [0.1, 0.15) is 19.4 Å². The van der Waals surface area contributed by atoms with Gasteiger partial charge in [-0.15, -0.1) is 0 Å². The van der Waals surface area contributed by atoms with Crippen molar-refractivity contribution in [1.82, 2.24) is 4.90 Å². The van der Waals surface area contributed by atoms with E-state index in [-0.39, 0.29) is 11.3 Å². The van der Waals surface area contributed by atoms with Gasteiger partial charge in [-0.1, -0.05) is 0 Å². The standard InChI is InChI=1S/C13H19NO2S/c1-13(2,14-4-6-16-7-5-14)12(15)9-11-3-8-17-10-11/h3,8,10H,4-7,9H2,1-2H3. The monoisotopic (exact) mass is 253 g/mol. The Balaban J connectivity index is 2.00. The van der Waals surface area contributed by atoms with Crippen LogP contribution >= 0.6 is 11.3 Å². The molecular formula is C13H19NO2S. The molecule has 0 aromatic carbocycles. The Bertz CT molecular complexity index is 367. The summed E-state index contributed by atoms with van der Waals surface area (Å²) in [7, 11) is 0. The van der Waals surface area contributed by atoms with E-state index < -0.39 is 0 Å². The minimum absolute atomic E-state index is 0.290. The van der Waals surface area contributed by atoms with E-state index in [2.05, 4.69) is 4.90 Å². The van der Waals surface area contributed by atoms with Crippen molar-refractivity contribution >= 4 is 17.1 Å². The summed E-state index contributed by atoms with van der Waals surface area (Å²) < 4.78 is 5.33. The number of carbonyl (C=O) groups excluding carboxylic acids is 1. The molecule has 0 atom stereocenters. The Morgan fingerprint density at radius 2 is 2.18 bits per heavy atom. The number of hydrogen-bond acceptors (Lipinski definition) is 4. The molecular weight excluding hydrogens is 234 g/mol. The van der Waals surface area contributed by atoms with Crippen LogP contribution in [-0.4, -0.2) is 42.5 Å². The van der Waals surface area contributed by atoms with Gasteiger partial charge in [0, 0.05) is 19.5 Å². The van der Waals surface area contributed by atoms with Crippen LogP contribution in [0.5, 0.6) is 0 Å². The zero-order chi connectivity index (χ0) is 12.3. The SMILES string of the molecule is CC(C)(C(=O)Cc1ccsc1)N1CCOCC1. The van der Waals surface area contributed by atoms with E-state index in [1.54, 1.807) is 11.3 Å².